The van der Waals surface area contributed by atoms with Crippen LogP contribution in [0.25, 0.3) is 0 Å². The summed E-state index contributed by atoms with van der Waals surface area (Å²) in [6.07, 6.45) is -4.70. The number of aliphatic hydroxyl groups is 6. The number of rotatable bonds is 12. The van der Waals surface area contributed by atoms with Crippen LogP contribution in [0.3, 0.4) is 0 Å². The summed E-state index contributed by atoms with van der Waals surface area (Å²) >= 11 is 0. The summed E-state index contributed by atoms with van der Waals surface area (Å²) in [6.45, 7) is 6.76. The molecule has 0 aromatic rings. The number of hydrogen-bond donors (Lipinski definition) is 8. The lowest BCUT2D eigenvalue weighted by Crippen LogP contribution is -2.62. The molecule has 0 bridgehead atoms. The standard InChI is InChI=1S/C25H46N2O10/c1-5-6-7-15(36-24-22(32)20(26)21(31)14(4)35-24)10-18-19(23(33)27-8-9-28)17(30)12-25(34,37-18)11-16(29)13(2)3/h6-7,13-22,24,28-32,34H,5,8-12,26H2,1-4H3,(H,27,33)/b7-6+/t14?,15-,16+,17-,18-,19+,20?,21?,22?,24?,25+/m0/s1. The summed E-state index contributed by atoms with van der Waals surface area (Å²) in [7, 11) is 0. The maximum absolute atomic E-state index is 12.9. The quantitative estimate of drug-likeness (QED) is 0.135. The fourth-order valence-electron chi connectivity index (χ4n) is 4.68. The van der Waals surface area contributed by atoms with Gasteiger partial charge in [-0.1, -0.05) is 32.9 Å². The van der Waals surface area contributed by atoms with Crippen molar-refractivity contribution in [2.45, 2.75) is 114 Å². The summed E-state index contributed by atoms with van der Waals surface area (Å²) in [5.41, 5.74) is 5.93. The third-order valence-electron chi connectivity index (χ3n) is 6.98. The van der Waals surface area contributed by atoms with E-state index in [9.17, 15) is 30.3 Å². The summed E-state index contributed by atoms with van der Waals surface area (Å²) in [6, 6.07) is -1.00. The van der Waals surface area contributed by atoms with Crippen molar-refractivity contribution in [2.75, 3.05) is 13.2 Å². The molecule has 0 saturated carbocycles. The van der Waals surface area contributed by atoms with E-state index >= 15 is 0 Å². The minimum atomic E-state index is -1.90. The maximum atomic E-state index is 12.9. The molecule has 12 heteroatoms. The van der Waals surface area contributed by atoms with Crippen LogP contribution in [0.5, 0.6) is 0 Å². The molecule has 2 aliphatic heterocycles. The number of amides is 1. The molecule has 9 N–H and O–H groups in total. The third-order valence-corrected chi connectivity index (χ3v) is 6.98. The van der Waals surface area contributed by atoms with Crippen LogP contribution in [0, 0.1) is 11.8 Å². The smallest absolute Gasteiger partial charge is 0.228 e. The SMILES string of the molecule is CC/C=C/[C@@H](C[C@@H]1O[C@](O)(C[C@@H](O)C(C)C)C[C@H](O)[C@H]1C(=O)NCCO)OC1OC(C)C(O)C(N)C1O. The Morgan fingerprint density at radius 1 is 1.27 bits per heavy atom. The van der Waals surface area contributed by atoms with Crippen LogP contribution >= 0.6 is 0 Å². The first-order chi connectivity index (χ1) is 17.3. The average molecular weight is 535 g/mol. The molecule has 0 aromatic carbocycles. The summed E-state index contributed by atoms with van der Waals surface area (Å²) in [4.78, 5) is 12.9. The van der Waals surface area contributed by atoms with Gasteiger partial charge in [-0.3, -0.25) is 4.79 Å². The van der Waals surface area contributed by atoms with E-state index < -0.39 is 72.7 Å². The second-order valence-corrected chi connectivity index (χ2v) is 10.4. The molecule has 216 valence electrons. The molecule has 12 nitrogen and oxygen atoms in total. The molecule has 2 rings (SSSR count). The van der Waals surface area contributed by atoms with Gasteiger partial charge >= 0.3 is 0 Å². The first-order valence-corrected chi connectivity index (χ1v) is 13.1. The molecule has 2 saturated heterocycles. The van der Waals surface area contributed by atoms with Crippen molar-refractivity contribution in [1.29, 1.82) is 0 Å². The van der Waals surface area contributed by atoms with Gasteiger partial charge < -0.3 is 55.9 Å². The van der Waals surface area contributed by atoms with Crippen molar-refractivity contribution in [2.24, 2.45) is 17.6 Å². The minimum Gasteiger partial charge on any atom is -0.395 e. The van der Waals surface area contributed by atoms with E-state index in [4.69, 9.17) is 25.1 Å². The Morgan fingerprint density at radius 3 is 2.54 bits per heavy atom. The topological polar surface area (TPSA) is 204 Å². The second kappa shape index (κ2) is 14.3. The number of hydrogen-bond acceptors (Lipinski definition) is 11. The Morgan fingerprint density at radius 2 is 1.95 bits per heavy atom. The highest BCUT2D eigenvalue weighted by Crippen LogP contribution is 2.38. The molecule has 1 amide bonds. The molecule has 11 atom stereocenters. The van der Waals surface area contributed by atoms with Gasteiger partial charge in [0.1, 0.15) is 6.10 Å². The Labute approximate surface area is 218 Å². The molecule has 5 unspecified atom stereocenters. The normalized spacial score (nSPS) is 38.6. The van der Waals surface area contributed by atoms with Crippen molar-refractivity contribution < 1.29 is 49.6 Å². The highest BCUT2D eigenvalue weighted by Gasteiger charge is 2.50. The van der Waals surface area contributed by atoms with Gasteiger partial charge in [0.2, 0.25) is 5.91 Å². The predicted octanol–water partition coefficient (Wildman–Crippen LogP) is -1.51. The van der Waals surface area contributed by atoms with Crippen LogP contribution in [0.1, 0.15) is 53.4 Å². The van der Waals surface area contributed by atoms with Crippen LogP contribution in [0.15, 0.2) is 12.2 Å². The Hall–Kier alpha value is -1.19. The zero-order chi connectivity index (χ0) is 27.9. The molecule has 2 fully saturated rings. The minimum absolute atomic E-state index is 0.0242. The highest BCUT2D eigenvalue weighted by atomic mass is 16.7. The van der Waals surface area contributed by atoms with Crippen LogP contribution in [0.2, 0.25) is 0 Å². The van der Waals surface area contributed by atoms with Gasteiger partial charge in [-0.15, -0.1) is 0 Å². The fraction of sp³-hybridized carbons (Fsp3) is 0.880. The van der Waals surface area contributed by atoms with Crippen LogP contribution in [-0.4, -0.2) is 111 Å². The Balaban J connectivity index is 2.31. The van der Waals surface area contributed by atoms with Gasteiger partial charge in [-0.25, -0.2) is 0 Å². The number of nitrogens with one attached hydrogen (secondary N) is 1. The number of nitrogens with two attached hydrogens (primary N) is 1. The van der Waals surface area contributed by atoms with Crippen molar-refractivity contribution in [3.05, 3.63) is 12.2 Å². The first-order valence-electron chi connectivity index (χ1n) is 13.1. The molecule has 0 radical (unpaired) electrons. The average Bonchev–Trinajstić information content (AvgIpc) is 2.82. The number of carbonyl (C=O) groups excluding carboxylic acids is 1. The lowest BCUT2D eigenvalue weighted by molar-refractivity contribution is -0.307. The van der Waals surface area contributed by atoms with E-state index in [2.05, 4.69) is 5.32 Å². The van der Waals surface area contributed by atoms with Crippen molar-refractivity contribution in [3.63, 3.8) is 0 Å². The predicted molar refractivity (Wildman–Crippen MR) is 133 cm³/mol. The van der Waals surface area contributed by atoms with E-state index in [0.29, 0.717) is 6.42 Å². The van der Waals surface area contributed by atoms with E-state index in [1.54, 1.807) is 26.8 Å². The van der Waals surface area contributed by atoms with Crippen molar-refractivity contribution in [1.82, 2.24) is 5.32 Å². The monoisotopic (exact) mass is 534 g/mol. The molecule has 37 heavy (non-hydrogen) atoms. The number of allylic oxidation sites excluding steroid dienone is 1. The second-order valence-electron chi connectivity index (χ2n) is 10.4. The van der Waals surface area contributed by atoms with Gasteiger partial charge in [0, 0.05) is 25.8 Å². The number of ether oxygens (including phenoxy) is 3. The van der Waals surface area contributed by atoms with E-state index in [1.165, 1.54) is 0 Å². The maximum Gasteiger partial charge on any atom is 0.228 e. The fourth-order valence-corrected chi connectivity index (χ4v) is 4.68. The van der Waals surface area contributed by atoms with Crippen molar-refractivity contribution >= 4 is 5.91 Å². The van der Waals surface area contributed by atoms with E-state index in [0.717, 1.165) is 0 Å². The number of carbonyl (C=O) groups is 1. The largest absolute Gasteiger partial charge is 0.395 e. The van der Waals surface area contributed by atoms with E-state index in [1.807, 2.05) is 13.0 Å². The molecule has 0 aromatic heterocycles. The zero-order valence-electron chi connectivity index (χ0n) is 22.1. The highest BCUT2D eigenvalue weighted by molar-refractivity contribution is 5.80. The Bertz CT molecular complexity index is 740. The summed E-state index contributed by atoms with van der Waals surface area (Å²) in [5.74, 6) is -3.75. The van der Waals surface area contributed by atoms with Gasteiger partial charge in [0.05, 0.1) is 55.2 Å². The lowest BCUT2D eigenvalue weighted by Gasteiger charge is -2.46. The molecular weight excluding hydrogens is 488 g/mol. The third kappa shape index (κ3) is 8.65. The van der Waals surface area contributed by atoms with Gasteiger partial charge in [0.15, 0.2) is 12.1 Å². The van der Waals surface area contributed by atoms with Gasteiger partial charge in [-0.05, 0) is 19.3 Å². The molecular formula is C25H46N2O10. The summed E-state index contributed by atoms with van der Waals surface area (Å²) < 4.78 is 17.6. The first kappa shape index (κ1) is 32.0. The van der Waals surface area contributed by atoms with Crippen LogP contribution < -0.4 is 11.1 Å². The zero-order valence-corrected chi connectivity index (χ0v) is 22.1. The molecule has 0 aliphatic carbocycles. The van der Waals surface area contributed by atoms with Gasteiger partial charge in [-0.2, -0.15) is 0 Å². The van der Waals surface area contributed by atoms with Gasteiger partial charge in [0.25, 0.3) is 0 Å². The lowest BCUT2D eigenvalue weighted by atomic mass is 9.81. The molecule has 0 spiro atoms. The van der Waals surface area contributed by atoms with Crippen LogP contribution in [0.4, 0.5) is 0 Å². The molecule has 2 aliphatic rings. The summed E-state index contributed by atoms with van der Waals surface area (Å²) in [5, 5.41) is 64.8. The van der Waals surface area contributed by atoms with E-state index in [-0.39, 0.29) is 38.3 Å². The molecule has 2 heterocycles. The van der Waals surface area contributed by atoms with Crippen molar-refractivity contribution in [3.8, 4) is 0 Å². The number of aliphatic hydroxyl groups excluding tert-OH is 5. The Kier molecular flexibility index (Phi) is 12.3. The van der Waals surface area contributed by atoms with Crippen LogP contribution in [-0.2, 0) is 19.0 Å².